The van der Waals surface area contributed by atoms with Crippen LogP contribution < -0.4 is 5.32 Å². The second-order valence-corrected chi connectivity index (χ2v) is 3.42. The van der Waals surface area contributed by atoms with Crippen LogP contribution in [0.5, 0.6) is 0 Å². The van der Waals surface area contributed by atoms with Gasteiger partial charge in [0.25, 0.3) is 0 Å². The van der Waals surface area contributed by atoms with Gasteiger partial charge in [0.15, 0.2) is 6.61 Å². The van der Waals surface area contributed by atoms with Gasteiger partial charge in [-0.2, -0.15) is 8.78 Å². The van der Waals surface area contributed by atoms with Crippen molar-refractivity contribution in [2.45, 2.75) is 18.8 Å². The molecule has 0 aliphatic rings. The molecule has 0 atom stereocenters. The van der Waals surface area contributed by atoms with E-state index in [4.69, 9.17) is 0 Å². The molecule has 0 rings (SSSR count). The number of halogens is 5. The molecule has 0 aromatic carbocycles. The highest BCUT2D eigenvalue weighted by Gasteiger charge is 2.42. The fraction of sp³-hybridized carbons (Fsp3) is 0.714. The molecule has 4 nitrogen and oxygen atoms in total. The van der Waals surface area contributed by atoms with Gasteiger partial charge in [0.2, 0.25) is 5.91 Å². The minimum absolute atomic E-state index is 0.0691. The van der Waals surface area contributed by atoms with Crippen LogP contribution in [0.2, 0.25) is 0 Å². The Balaban J connectivity index is 3.94. The van der Waals surface area contributed by atoms with Gasteiger partial charge in [-0.25, -0.2) is 13.6 Å². The Labute approximate surface area is 96.4 Å². The molecule has 0 saturated carbocycles. The maximum absolute atomic E-state index is 12.2. The summed E-state index contributed by atoms with van der Waals surface area (Å²) in [6.45, 7) is -1.78. The smallest absolute Gasteiger partial charge is 0.414 e. The third-order valence-corrected chi connectivity index (χ3v) is 1.67. The first-order valence-corrected chi connectivity index (χ1v) is 5.10. The third kappa shape index (κ3) is 5.89. The van der Waals surface area contributed by atoms with E-state index in [1.165, 1.54) is 0 Å². The summed E-state index contributed by atoms with van der Waals surface area (Å²) >= 11 is 2.90. The molecular formula is C7H8BrF4NO3. The number of alkyl halides is 5. The summed E-state index contributed by atoms with van der Waals surface area (Å²) in [6.07, 6.45) is -5.48. The molecule has 0 fully saturated rings. The molecule has 16 heavy (non-hydrogen) atoms. The van der Waals surface area contributed by atoms with Crippen molar-refractivity contribution in [3.05, 3.63) is 0 Å². The summed E-state index contributed by atoms with van der Waals surface area (Å²) in [5, 5.41) is 1.85. The number of nitrogens with one attached hydrogen (secondary N) is 1. The fourth-order valence-corrected chi connectivity index (χ4v) is 0.883. The average Bonchev–Trinajstić information content (AvgIpc) is 2.15. The largest absolute Gasteiger partial charge is 0.443 e. The summed E-state index contributed by atoms with van der Waals surface area (Å²) in [4.78, 5) is 21.4. The van der Waals surface area contributed by atoms with Gasteiger partial charge < -0.3 is 4.74 Å². The predicted molar refractivity (Wildman–Crippen MR) is 48.9 cm³/mol. The van der Waals surface area contributed by atoms with E-state index in [1.807, 2.05) is 0 Å². The zero-order valence-electron chi connectivity index (χ0n) is 7.81. The van der Waals surface area contributed by atoms with Crippen LogP contribution in [-0.4, -0.2) is 36.3 Å². The van der Waals surface area contributed by atoms with Crippen molar-refractivity contribution in [3.8, 4) is 0 Å². The molecule has 0 bridgehead atoms. The topological polar surface area (TPSA) is 55.4 Å². The highest BCUT2D eigenvalue weighted by molar-refractivity contribution is 9.09. The van der Waals surface area contributed by atoms with Crippen molar-refractivity contribution in [2.75, 3.05) is 11.9 Å². The lowest BCUT2D eigenvalue weighted by Gasteiger charge is -2.14. The quantitative estimate of drug-likeness (QED) is 0.623. The van der Waals surface area contributed by atoms with Gasteiger partial charge >= 0.3 is 18.4 Å². The molecule has 0 aliphatic carbocycles. The van der Waals surface area contributed by atoms with E-state index in [0.29, 0.717) is 0 Å². The lowest BCUT2D eigenvalue weighted by atomic mass is 10.4. The van der Waals surface area contributed by atoms with Crippen LogP contribution >= 0.6 is 15.9 Å². The van der Waals surface area contributed by atoms with E-state index < -0.39 is 31.0 Å². The zero-order valence-corrected chi connectivity index (χ0v) is 9.40. The van der Waals surface area contributed by atoms with Gasteiger partial charge in [-0.3, -0.25) is 10.1 Å². The first-order chi connectivity index (χ1) is 7.29. The molecule has 0 aromatic rings. The van der Waals surface area contributed by atoms with Gasteiger partial charge in [-0.15, -0.1) is 0 Å². The molecule has 0 aromatic heterocycles. The van der Waals surface area contributed by atoms with Crippen molar-refractivity contribution in [1.82, 2.24) is 5.32 Å². The summed E-state index contributed by atoms with van der Waals surface area (Å²) in [6, 6.07) is 0. The van der Waals surface area contributed by atoms with Crippen LogP contribution in [0.3, 0.4) is 0 Å². The molecule has 0 unspecified atom stereocenters. The number of carbonyl (C=O) groups is 2. The zero-order chi connectivity index (χ0) is 12.8. The standard InChI is InChI=1S/C7H8BrF4NO3/c8-2-1-4(14)13-6(15)16-3-7(11,12)5(9)10/h5H,1-3H2,(H,13,14,15). The molecule has 2 amide bonds. The number of hydrogen-bond acceptors (Lipinski definition) is 3. The van der Waals surface area contributed by atoms with Crippen molar-refractivity contribution >= 4 is 27.9 Å². The SMILES string of the molecule is O=C(CCBr)NC(=O)OCC(F)(F)C(F)F. The maximum atomic E-state index is 12.2. The van der Waals surface area contributed by atoms with Gasteiger partial charge in [0, 0.05) is 11.8 Å². The Morgan fingerprint density at radius 1 is 1.38 bits per heavy atom. The molecular weight excluding hydrogens is 302 g/mol. The Kier molecular flexibility index (Phi) is 6.31. The van der Waals surface area contributed by atoms with Crippen molar-refractivity contribution in [3.63, 3.8) is 0 Å². The molecule has 0 radical (unpaired) electrons. The van der Waals surface area contributed by atoms with Crippen molar-refractivity contribution < 1.29 is 31.9 Å². The highest BCUT2D eigenvalue weighted by atomic mass is 79.9. The minimum Gasteiger partial charge on any atom is -0.443 e. The third-order valence-electron chi connectivity index (χ3n) is 1.28. The number of imide groups is 1. The predicted octanol–water partition coefficient (Wildman–Crippen LogP) is 1.92. The molecule has 0 spiro atoms. The molecule has 0 saturated heterocycles. The second kappa shape index (κ2) is 6.66. The van der Waals surface area contributed by atoms with Gasteiger partial charge in [0.1, 0.15) is 0 Å². The molecule has 0 heterocycles. The summed E-state index contributed by atoms with van der Waals surface area (Å²) in [7, 11) is 0. The summed E-state index contributed by atoms with van der Waals surface area (Å²) in [5.74, 6) is -5.18. The van der Waals surface area contributed by atoms with Crippen LogP contribution in [0.15, 0.2) is 0 Å². The monoisotopic (exact) mass is 309 g/mol. The molecule has 1 N–H and O–H groups in total. The summed E-state index contributed by atoms with van der Waals surface area (Å²) in [5.41, 5.74) is 0. The number of rotatable bonds is 5. The minimum atomic E-state index is -4.42. The molecule has 9 heteroatoms. The van der Waals surface area contributed by atoms with E-state index >= 15 is 0 Å². The van der Waals surface area contributed by atoms with Crippen LogP contribution in [0.1, 0.15) is 6.42 Å². The van der Waals surface area contributed by atoms with Crippen LogP contribution in [0.25, 0.3) is 0 Å². The van der Waals surface area contributed by atoms with Crippen molar-refractivity contribution in [1.29, 1.82) is 0 Å². The lowest BCUT2D eigenvalue weighted by Crippen LogP contribution is -2.38. The summed E-state index contributed by atoms with van der Waals surface area (Å²) < 4.78 is 51.5. The Morgan fingerprint density at radius 3 is 2.38 bits per heavy atom. The normalized spacial score (nSPS) is 11.4. The van der Waals surface area contributed by atoms with Crippen molar-refractivity contribution in [2.24, 2.45) is 0 Å². The number of ether oxygens (including phenoxy) is 1. The number of alkyl carbamates (subject to hydrolysis) is 1. The van der Waals surface area contributed by atoms with E-state index in [0.717, 1.165) is 0 Å². The number of carbonyl (C=O) groups excluding carboxylic acids is 2. The number of amides is 2. The van der Waals surface area contributed by atoms with Crippen LogP contribution in [-0.2, 0) is 9.53 Å². The number of hydrogen-bond donors (Lipinski definition) is 1. The first kappa shape index (κ1) is 15.1. The Hall–Kier alpha value is -0.860. The van der Waals surface area contributed by atoms with Gasteiger partial charge in [0.05, 0.1) is 0 Å². The molecule has 0 aliphatic heterocycles. The lowest BCUT2D eigenvalue weighted by molar-refractivity contribution is -0.154. The van der Waals surface area contributed by atoms with E-state index in [-0.39, 0.29) is 11.8 Å². The maximum Gasteiger partial charge on any atom is 0.414 e. The highest BCUT2D eigenvalue weighted by Crippen LogP contribution is 2.22. The Morgan fingerprint density at radius 2 is 1.94 bits per heavy atom. The fourth-order valence-electron chi connectivity index (χ4n) is 0.523. The average molecular weight is 310 g/mol. The van der Waals surface area contributed by atoms with E-state index in [1.54, 1.807) is 5.32 Å². The molecule has 94 valence electrons. The van der Waals surface area contributed by atoms with Crippen LogP contribution in [0.4, 0.5) is 22.4 Å². The van der Waals surface area contributed by atoms with Crippen LogP contribution in [0, 0.1) is 0 Å². The van der Waals surface area contributed by atoms with Gasteiger partial charge in [-0.05, 0) is 0 Å². The Bertz CT molecular complexity index is 262. The van der Waals surface area contributed by atoms with E-state index in [9.17, 15) is 27.2 Å². The second-order valence-electron chi connectivity index (χ2n) is 2.63. The van der Waals surface area contributed by atoms with E-state index in [2.05, 4.69) is 20.7 Å². The van der Waals surface area contributed by atoms with Gasteiger partial charge in [-0.1, -0.05) is 15.9 Å². The first-order valence-electron chi connectivity index (χ1n) is 3.98.